The standard InChI is InChI=1S/C20H20N2O3/c1-24-18-8-15(9-19(10-18)25-2)7-16-12-22(13-16)20(23)17-5-3-14(11-21)4-6-17/h3-6,8-10,16H,7,12-13H2,1-2H3. The number of rotatable bonds is 5. The monoisotopic (exact) mass is 336 g/mol. The van der Waals surface area contributed by atoms with Crippen LogP contribution in [0.5, 0.6) is 11.5 Å². The maximum absolute atomic E-state index is 12.4. The summed E-state index contributed by atoms with van der Waals surface area (Å²) in [6.07, 6.45) is 0.880. The van der Waals surface area contributed by atoms with Crippen molar-refractivity contribution < 1.29 is 14.3 Å². The van der Waals surface area contributed by atoms with Gasteiger partial charge >= 0.3 is 0 Å². The van der Waals surface area contributed by atoms with E-state index >= 15 is 0 Å². The van der Waals surface area contributed by atoms with Crippen molar-refractivity contribution >= 4 is 5.91 Å². The molecule has 1 aliphatic heterocycles. The topological polar surface area (TPSA) is 62.6 Å². The lowest BCUT2D eigenvalue weighted by Gasteiger charge is -2.39. The minimum atomic E-state index is 0.0176. The van der Waals surface area contributed by atoms with Gasteiger partial charge in [-0.3, -0.25) is 4.79 Å². The van der Waals surface area contributed by atoms with Crippen molar-refractivity contribution in [2.75, 3.05) is 27.3 Å². The summed E-state index contributed by atoms with van der Waals surface area (Å²) in [6, 6.07) is 14.7. The van der Waals surface area contributed by atoms with Crippen LogP contribution in [0, 0.1) is 17.2 Å². The van der Waals surface area contributed by atoms with E-state index in [1.165, 1.54) is 0 Å². The second-order valence-electron chi connectivity index (χ2n) is 6.19. The minimum absolute atomic E-state index is 0.0176. The summed E-state index contributed by atoms with van der Waals surface area (Å²) in [5.41, 5.74) is 2.33. The Bertz CT molecular complexity index is 780. The van der Waals surface area contributed by atoms with Gasteiger partial charge < -0.3 is 14.4 Å². The molecule has 1 fully saturated rings. The van der Waals surface area contributed by atoms with E-state index in [1.807, 2.05) is 23.1 Å². The number of benzene rings is 2. The summed E-state index contributed by atoms with van der Waals surface area (Å²) in [4.78, 5) is 14.3. The van der Waals surface area contributed by atoms with E-state index in [2.05, 4.69) is 6.07 Å². The van der Waals surface area contributed by atoms with Crippen molar-refractivity contribution in [1.29, 1.82) is 5.26 Å². The Hall–Kier alpha value is -3.00. The van der Waals surface area contributed by atoms with Gasteiger partial charge in [0.25, 0.3) is 5.91 Å². The lowest BCUT2D eigenvalue weighted by atomic mass is 9.91. The number of amides is 1. The summed E-state index contributed by atoms with van der Waals surface area (Å²) >= 11 is 0. The average molecular weight is 336 g/mol. The highest BCUT2D eigenvalue weighted by molar-refractivity contribution is 5.94. The summed E-state index contributed by atoms with van der Waals surface area (Å²) in [5.74, 6) is 2.00. The van der Waals surface area contributed by atoms with Gasteiger partial charge in [-0.2, -0.15) is 5.26 Å². The van der Waals surface area contributed by atoms with Crippen LogP contribution >= 0.6 is 0 Å². The zero-order valence-electron chi connectivity index (χ0n) is 14.4. The highest BCUT2D eigenvalue weighted by Crippen LogP contribution is 2.27. The number of hydrogen-bond acceptors (Lipinski definition) is 4. The number of likely N-dealkylation sites (tertiary alicyclic amines) is 1. The fourth-order valence-corrected chi connectivity index (χ4v) is 3.05. The molecule has 0 unspecified atom stereocenters. The molecule has 0 atom stereocenters. The van der Waals surface area contributed by atoms with Crippen LogP contribution in [0.1, 0.15) is 21.5 Å². The van der Waals surface area contributed by atoms with Gasteiger partial charge in [-0.25, -0.2) is 0 Å². The molecule has 0 radical (unpaired) electrons. The Balaban J connectivity index is 1.59. The molecule has 1 amide bonds. The van der Waals surface area contributed by atoms with E-state index < -0.39 is 0 Å². The van der Waals surface area contributed by atoms with Crippen molar-refractivity contribution in [3.63, 3.8) is 0 Å². The second-order valence-corrected chi connectivity index (χ2v) is 6.19. The molecule has 0 N–H and O–H groups in total. The van der Waals surface area contributed by atoms with Crippen molar-refractivity contribution in [3.05, 3.63) is 59.2 Å². The molecule has 0 aliphatic carbocycles. The van der Waals surface area contributed by atoms with Crippen LogP contribution in [0.15, 0.2) is 42.5 Å². The predicted octanol–water partition coefficient (Wildman–Crippen LogP) is 2.89. The number of ether oxygens (including phenoxy) is 2. The van der Waals surface area contributed by atoms with Crippen molar-refractivity contribution in [1.82, 2.24) is 4.90 Å². The maximum Gasteiger partial charge on any atom is 0.253 e. The molecular weight excluding hydrogens is 316 g/mol. The lowest BCUT2D eigenvalue weighted by Crippen LogP contribution is -2.50. The van der Waals surface area contributed by atoms with Crippen molar-refractivity contribution in [3.8, 4) is 17.6 Å². The summed E-state index contributed by atoms with van der Waals surface area (Å²) < 4.78 is 10.6. The SMILES string of the molecule is COc1cc(CC2CN(C(=O)c3ccc(C#N)cc3)C2)cc(OC)c1. The highest BCUT2D eigenvalue weighted by atomic mass is 16.5. The third-order valence-corrected chi connectivity index (χ3v) is 4.44. The number of carbonyl (C=O) groups is 1. The zero-order valence-corrected chi connectivity index (χ0v) is 14.4. The van der Waals surface area contributed by atoms with Gasteiger partial charge in [0.15, 0.2) is 0 Å². The van der Waals surface area contributed by atoms with E-state index in [1.54, 1.807) is 38.5 Å². The first-order chi connectivity index (χ1) is 12.1. The summed E-state index contributed by atoms with van der Waals surface area (Å²) in [6.45, 7) is 1.47. The van der Waals surface area contributed by atoms with E-state index in [0.717, 1.165) is 36.6 Å². The first-order valence-electron chi connectivity index (χ1n) is 8.14. The largest absolute Gasteiger partial charge is 0.497 e. The molecule has 0 saturated carbocycles. The molecular formula is C20H20N2O3. The maximum atomic E-state index is 12.4. The first kappa shape index (κ1) is 16.8. The van der Waals surface area contributed by atoms with Gasteiger partial charge in [-0.1, -0.05) is 0 Å². The molecule has 0 bridgehead atoms. The highest BCUT2D eigenvalue weighted by Gasteiger charge is 2.31. The number of carbonyl (C=O) groups excluding carboxylic acids is 1. The quantitative estimate of drug-likeness (QED) is 0.842. The van der Waals surface area contributed by atoms with Gasteiger partial charge in [-0.15, -0.1) is 0 Å². The number of hydrogen-bond donors (Lipinski definition) is 0. The average Bonchev–Trinajstić information content (AvgIpc) is 2.63. The number of methoxy groups -OCH3 is 2. The van der Waals surface area contributed by atoms with E-state index in [4.69, 9.17) is 14.7 Å². The number of nitriles is 1. The third kappa shape index (κ3) is 3.74. The van der Waals surface area contributed by atoms with Crippen LogP contribution in [0.2, 0.25) is 0 Å². The fourth-order valence-electron chi connectivity index (χ4n) is 3.05. The van der Waals surface area contributed by atoms with Crippen LogP contribution in [-0.4, -0.2) is 38.1 Å². The molecule has 128 valence electrons. The minimum Gasteiger partial charge on any atom is -0.497 e. The van der Waals surface area contributed by atoms with Gasteiger partial charge in [0.1, 0.15) is 11.5 Å². The number of nitrogens with zero attached hydrogens (tertiary/aromatic N) is 2. The Morgan fingerprint density at radius 1 is 1.12 bits per heavy atom. The molecule has 5 heteroatoms. The molecule has 5 nitrogen and oxygen atoms in total. The molecule has 2 aromatic rings. The van der Waals surface area contributed by atoms with Crippen LogP contribution in [-0.2, 0) is 6.42 Å². The van der Waals surface area contributed by atoms with Crippen LogP contribution in [0.4, 0.5) is 0 Å². The van der Waals surface area contributed by atoms with Gasteiger partial charge in [0.05, 0.1) is 25.9 Å². The van der Waals surface area contributed by atoms with E-state index in [-0.39, 0.29) is 5.91 Å². The predicted molar refractivity (Wildman–Crippen MR) is 93.8 cm³/mol. The van der Waals surface area contributed by atoms with E-state index in [9.17, 15) is 4.79 Å². The smallest absolute Gasteiger partial charge is 0.253 e. The Morgan fingerprint density at radius 3 is 2.24 bits per heavy atom. The third-order valence-electron chi connectivity index (χ3n) is 4.44. The fraction of sp³-hybridized carbons (Fsp3) is 0.300. The normalized spacial score (nSPS) is 13.7. The molecule has 3 rings (SSSR count). The summed E-state index contributed by atoms with van der Waals surface area (Å²) in [5, 5.41) is 8.82. The van der Waals surface area contributed by atoms with Crippen LogP contribution < -0.4 is 9.47 Å². The lowest BCUT2D eigenvalue weighted by molar-refractivity contribution is 0.0501. The molecule has 0 spiro atoms. The molecule has 1 saturated heterocycles. The van der Waals surface area contributed by atoms with Gasteiger partial charge in [-0.05, 0) is 54.3 Å². The Morgan fingerprint density at radius 2 is 1.72 bits per heavy atom. The zero-order chi connectivity index (χ0) is 17.8. The van der Waals surface area contributed by atoms with Gasteiger partial charge in [0.2, 0.25) is 0 Å². The molecule has 1 heterocycles. The van der Waals surface area contributed by atoms with Crippen LogP contribution in [0.3, 0.4) is 0 Å². The first-order valence-corrected chi connectivity index (χ1v) is 8.14. The Kier molecular flexibility index (Phi) is 4.90. The molecule has 0 aromatic heterocycles. The summed E-state index contributed by atoms with van der Waals surface area (Å²) in [7, 11) is 3.28. The van der Waals surface area contributed by atoms with Crippen molar-refractivity contribution in [2.24, 2.45) is 5.92 Å². The van der Waals surface area contributed by atoms with Crippen LogP contribution in [0.25, 0.3) is 0 Å². The molecule has 25 heavy (non-hydrogen) atoms. The van der Waals surface area contributed by atoms with E-state index in [0.29, 0.717) is 17.0 Å². The van der Waals surface area contributed by atoms with Crippen molar-refractivity contribution in [2.45, 2.75) is 6.42 Å². The van der Waals surface area contributed by atoms with Gasteiger partial charge in [0, 0.05) is 24.7 Å². The Labute approximate surface area is 147 Å². The second kappa shape index (κ2) is 7.27. The molecule has 2 aromatic carbocycles. The molecule has 1 aliphatic rings.